The standard InChI is InChI=1S/C13H18N4O3/c1-8-6-16(7-9(8)2)13(18)10-4-12(14-3)15-5-11(10)17(19)20/h4-5,8-9H,6-7H2,1-3H3,(H,14,15). The van der Waals surface area contributed by atoms with E-state index in [9.17, 15) is 14.9 Å². The summed E-state index contributed by atoms with van der Waals surface area (Å²) >= 11 is 0. The number of nitrogens with zero attached hydrogens (tertiary/aromatic N) is 3. The number of amides is 1. The monoisotopic (exact) mass is 278 g/mol. The zero-order valence-electron chi connectivity index (χ0n) is 11.8. The van der Waals surface area contributed by atoms with Crippen LogP contribution in [0.15, 0.2) is 12.3 Å². The summed E-state index contributed by atoms with van der Waals surface area (Å²) < 4.78 is 0. The van der Waals surface area contributed by atoms with Crippen LogP contribution in [0.3, 0.4) is 0 Å². The lowest BCUT2D eigenvalue weighted by Gasteiger charge is -2.16. The number of hydrogen-bond acceptors (Lipinski definition) is 5. The van der Waals surface area contributed by atoms with Gasteiger partial charge in [-0.2, -0.15) is 0 Å². The molecular weight excluding hydrogens is 260 g/mol. The Hall–Kier alpha value is -2.18. The molecule has 2 unspecified atom stereocenters. The van der Waals surface area contributed by atoms with Gasteiger partial charge in [0.25, 0.3) is 11.6 Å². The smallest absolute Gasteiger partial charge is 0.300 e. The molecule has 1 aliphatic rings. The van der Waals surface area contributed by atoms with Gasteiger partial charge >= 0.3 is 0 Å². The predicted molar refractivity (Wildman–Crippen MR) is 74.7 cm³/mol. The molecule has 108 valence electrons. The van der Waals surface area contributed by atoms with Crippen LogP contribution in [0.2, 0.25) is 0 Å². The van der Waals surface area contributed by atoms with E-state index in [2.05, 4.69) is 24.1 Å². The molecule has 1 fully saturated rings. The SMILES string of the molecule is CNc1cc(C(=O)N2CC(C)C(C)C2)c([N+](=O)[O-])cn1. The third kappa shape index (κ3) is 2.56. The van der Waals surface area contributed by atoms with Gasteiger partial charge in [-0.05, 0) is 11.8 Å². The highest BCUT2D eigenvalue weighted by atomic mass is 16.6. The summed E-state index contributed by atoms with van der Waals surface area (Å²) in [5, 5.41) is 13.8. The van der Waals surface area contributed by atoms with Crippen LogP contribution in [-0.4, -0.2) is 40.9 Å². The molecule has 1 saturated heterocycles. The number of hydrogen-bond donors (Lipinski definition) is 1. The van der Waals surface area contributed by atoms with Crippen molar-refractivity contribution in [2.45, 2.75) is 13.8 Å². The minimum atomic E-state index is -0.567. The maximum atomic E-state index is 12.5. The molecule has 2 atom stereocenters. The van der Waals surface area contributed by atoms with Crippen molar-refractivity contribution in [1.29, 1.82) is 0 Å². The van der Waals surface area contributed by atoms with Crippen molar-refractivity contribution >= 4 is 17.4 Å². The van der Waals surface area contributed by atoms with E-state index in [1.165, 1.54) is 6.07 Å². The Bertz CT molecular complexity index is 536. The van der Waals surface area contributed by atoms with Gasteiger partial charge in [0.15, 0.2) is 0 Å². The summed E-state index contributed by atoms with van der Waals surface area (Å²) in [5.74, 6) is 0.957. The summed E-state index contributed by atoms with van der Waals surface area (Å²) in [4.78, 5) is 28.5. The van der Waals surface area contributed by atoms with Crippen LogP contribution in [0, 0.1) is 22.0 Å². The Labute approximate surface area is 117 Å². The van der Waals surface area contributed by atoms with Crippen LogP contribution in [0.4, 0.5) is 11.5 Å². The fourth-order valence-electron chi connectivity index (χ4n) is 2.37. The second kappa shape index (κ2) is 5.44. The van der Waals surface area contributed by atoms with Crippen LogP contribution >= 0.6 is 0 Å². The van der Waals surface area contributed by atoms with Crippen molar-refractivity contribution in [1.82, 2.24) is 9.88 Å². The van der Waals surface area contributed by atoms with Crippen LogP contribution in [0.25, 0.3) is 0 Å². The molecule has 1 aliphatic heterocycles. The lowest BCUT2D eigenvalue weighted by molar-refractivity contribution is -0.385. The number of likely N-dealkylation sites (tertiary alicyclic amines) is 1. The van der Waals surface area contributed by atoms with Gasteiger partial charge in [0.1, 0.15) is 17.6 Å². The van der Waals surface area contributed by atoms with Gasteiger partial charge in [-0.25, -0.2) is 4.98 Å². The van der Waals surface area contributed by atoms with E-state index in [1.807, 2.05) is 0 Å². The Morgan fingerprint density at radius 1 is 1.45 bits per heavy atom. The molecule has 7 nitrogen and oxygen atoms in total. The fraction of sp³-hybridized carbons (Fsp3) is 0.538. The zero-order valence-corrected chi connectivity index (χ0v) is 11.8. The summed E-state index contributed by atoms with van der Waals surface area (Å²) in [6.45, 7) is 5.43. The lowest BCUT2D eigenvalue weighted by atomic mass is 10.0. The first kappa shape index (κ1) is 14.2. The summed E-state index contributed by atoms with van der Waals surface area (Å²) in [6.07, 6.45) is 1.13. The van der Waals surface area contributed by atoms with E-state index in [0.29, 0.717) is 30.7 Å². The largest absolute Gasteiger partial charge is 0.373 e. The first-order valence-corrected chi connectivity index (χ1v) is 6.55. The van der Waals surface area contributed by atoms with Crippen molar-refractivity contribution in [2.75, 3.05) is 25.5 Å². The summed E-state index contributed by atoms with van der Waals surface area (Å²) in [7, 11) is 1.66. The van der Waals surface area contributed by atoms with Crippen molar-refractivity contribution < 1.29 is 9.72 Å². The average molecular weight is 278 g/mol. The Morgan fingerprint density at radius 2 is 2.05 bits per heavy atom. The molecule has 0 radical (unpaired) electrons. The first-order valence-electron chi connectivity index (χ1n) is 6.55. The maximum Gasteiger partial charge on any atom is 0.300 e. The van der Waals surface area contributed by atoms with Crippen molar-refractivity contribution in [3.8, 4) is 0 Å². The molecule has 0 saturated carbocycles. The van der Waals surface area contributed by atoms with Gasteiger partial charge in [-0.15, -0.1) is 0 Å². The minimum absolute atomic E-state index is 0.0932. The van der Waals surface area contributed by atoms with E-state index >= 15 is 0 Å². The fourth-order valence-corrected chi connectivity index (χ4v) is 2.37. The topological polar surface area (TPSA) is 88.4 Å². The predicted octanol–water partition coefficient (Wildman–Crippen LogP) is 1.76. The number of aromatic nitrogens is 1. The third-order valence-corrected chi connectivity index (χ3v) is 3.84. The molecule has 2 rings (SSSR count). The molecule has 0 bridgehead atoms. The maximum absolute atomic E-state index is 12.5. The average Bonchev–Trinajstić information content (AvgIpc) is 2.77. The molecule has 20 heavy (non-hydrogen) atoms. The number of pyridine rings is 1. The second-order valence-corrected chi connectivity index (χ2v) is 5.26. The van der Waals surface area contributed by atoms with Gasteiger partial charge in [0.05, 0.1) is 4.92 Å². The molecule has 0 aromatic carbocycles. The van der Waals surface area contributed by atoms with Crippen molar-refractivity contribution in [2.24, 2.45) is 11.8 Å². The van der Waals surface area contributed by atoms with Crippen LogP contribution in [-0.2, 0) is 0 Å². The van der Waals surface area contributed by atoms with Gasteiger partial charge < -0.3 is 10.2 Å². The highest BCUT2D eigenvalue weighted by molar-refractivity contribution is 5.98. The van der Waals surface area contributed by atoms with E-state index in [4.69, 9.17) is 0 Å². The van der Waals surface area contributed by atoms with Crippen molar-refractivity contribution in [3.63, 3.8) is 0 Å². The summed E-state index contributed by atoms with van der Waals surface area (Å²) in [5.41, 5.74) is -0.156. The Kier molecular flexibility index (Phi) is 3.87. The molecule has 1 N–H and O–H groups in total. The quantitative estimate of drug-likeness (QED) is 0.672. The highest BCUT2D eigenvalue weighted by Gasteiger charge is 2.33. The van der Waals surface area contributed by atoms with Crippen LogP contribution < -0.4 is 5.32 Å². The Morgan fingerprint density at radius 3 is 2.55 bits per heavy atom. The molecule has 7 heteroatoms. The highest BCUT2D eigenvalue weighted by Crippen LogP contribution is 2.27. The number of nitrogens with one attached hydrogen (secondary N) is 1. The Balaban J connectivity index is 2.35. The van der Waals surface area contributed by atoms with Gasteiger partial charge in [0, 0.05) is 26.2 Å². The van der Waals surface area contributed by atoms with E-state index < -0.39 is 4.92 Å². The summed E-state index contributed by atoms with van der Waals surface area (Å²) in [6, 6.07) is 1.44. The molecule has 2 heterocycles. The number of carbonyl (C=O) groups excluding carboxylic acids is 1. The lowest BCUT2D eigenvalue weighted by Crippen LogP contribution is -2.29. The van der Waals surface area contributed by atoms with E-state index in [0.717, 1.165) is 6.20 Å². The van der Waals surface area contributed by atoms with Crippen molar-refractivity contribution in [3.05, 3.63) is 27.9 Å². The first-order chi connectivity index (χ1) is 9.43. The van der Waals surface area contributed by atoms with E-state index in [-0.39, 0.29) is 17.2 Å². The van der Waals surface area contributed by atoms with E-state index in [1.54, 1.807) is 11.9 Å². The zero-order chi connectivity index (χ0) is 14.9. The normalized spacial score (nSPS) is 21.9. The van der Waals surface area contributed by atoms with Crippen LogP contribution in [0.5, 0.6) is 0 Å². The molecule has 0 spiro atoms. The molecule has 0 aliphatic carbocycles. The molecular formula is C13H18N4O3. The van der Waals surface area contributed by atoms with Gasteiger partial charge in [-0.3, -0.25) is 14.9 Å². The number of carbonyl (C=O) groups is 1. The third-order valence-electron chi connectivity index (χ3n) is 3.84. The molecule has 1 amide bonds. The number of rotatable bonds is 3. The number of nitro groups is 1. The second-order valence-electron chi connectivity index (χ2n) is 5.26. The molecule has 1 aromatic heterocycles. The van der Waals surface area contributed by atoms with Gasteiger partial charge in [-0.1, -0.05) is 13.8 Å². The minimum Gasteiger partial charge on any atom is -0.373 e. The van der Waals surface area contributed by atoms with Crippen LogP contribution in [0.1, 0.15) is 24.2 Å². The molecule has 1 aromatic rings. The number of anilines is 1. The van der Waals surface area contributed by atoms with Gasteiger partial charge in [0.2, 0.25) is 0 Å².